The first-order valence-corrected chi connectivity index (χ1v) is 4.55. The first-order chi connectivity index (χ1) is 7.18. The summed E-state index contributed by atoms with van der Waals surface area (Å²) < 4.78 is 0. The van der Waals surface area contributed by atoms with E-state index >= 15 is 0 Å². The summed E-state index contributed by atoms with van der Waals surface area (Å²) in [5.74, 6) is -0.873. The van der Waals surface area contributed by atoms with Crippen LogP contribution in [-0.2, 0) is 11.3 Å². The van der Waals surface area contributed by atoms with Crippen LogP contribution in [0.15, 0.2) is 29.6 Å². The molecule has 1 heterocycles. The maximum Gasteiger partial charge on any atom is 0.309 e. The number of aromatic nitrogens is 1. The highest BCUT2D eigenvalue weighted by molar-refractivity contribution is 5.96. The lowest BCUT2D eigenvalue weighted by atomic mass is 10.3. The van der Waals surface area contributed by atoms with Gasteiger partial charge < -0.3 is 10.5 Å². The summed E-state index contributed by atoms with van der Waals surface area (Å²) in [5.41, 5.74) is 4.41. The largest absolute Gasteiger partial charge is 0.481 e. The molecule has 5 heteroatoms. The summed E-state index contributed by atoms with van der Waals surface area (Å²) in [6.07, 6.45) is 3.36. The Hall–Kier alpha value is -1.91. The van der Waals surface area contributed by atoms with E-state index in [-0.39, 0.29) is 6.42 Å². The molecule has 0 aliphatic carbocycles. The minimum atomic E-state index is -0.873. The van der Waals surface area contributed by atoms with Crippen molar-refractivity contribution in [3.8, 4) is 0 Å². The summed E-state index contributed by atoms with van der Waals surface area (Å²) in [7, 11) is 0. The van der Waals surface area contributed by atoms with Crippen LogP contribution in [0.25, 0.3) is 0 Å². The van der Waals surface area contributed by atoms with Gasteiger partial charge in [-0.05, 0) is 24.6 Å². The maximum absolute atomic E-state index is 10.3. The number of pyridine rings is 1. The second kappa shape index (κ2) is 5.74. The monoisotopic (exact) mass is 207 g/mol. The summed E-state index contributed by atoms with van der Waals surface area (Å²) in [4.78, 5) is 14.2. The topological polar surface area (TPSA) is 74.6 Å². The van der Waals surface area contributed by atoms with Crippen LogP contribution in [0.1, 0.15) is 18.9 Å². The third-order valence-electron chi connectivity index (χ3n) is 1.71. The van der Waals surface area contributed by atoms with Crippen molar-refractivity contribution < 1.29 is 9.90 Å². The van der Waals surface area contributed by atoms with Crippen LogP contribution in [-0.4, -0.2) is 21.8 Å². The molecule has 0 spiro atoms. The number of nitrogens with zero attached hydrogens (tertiary/aromatic N) is 2. The Bertz CT molecular complexity index is 349. The van der Waals surface area contributed by atoms with Crippen LogP contribution in [0, 0.1) is 0 Å². The molecule has 0 aromatic carbocycles. The Morgan fingerprint density at radius 2 is 2.20 bits per heavy atom. The normalized spacial score (nSPS) is 11.1. The third-order valence-corrected chi connectivity index (χ3v) is 1.71. The summed E-state index contributed by atoms with van der Waals surface area (Å²) in [6.45, 7) is 2.24. The number of hydrogen-bond acceptors (Lipinski definition) is 4. The number of carboxylic acids is 1. The molecule has 1 aromatic rings. The molecule has 0 amide bonds. The molecular weight excluding hydrogens is 194 g/mol. The molecule has 0 radical (unpaired) electrons. The van der Waals surface area contributed by atoms with Gasteiger partial charge in [0.15, 0.2) is 0 Å². The van der Waals surface area contributed by atoms with E-state index in [1.54, 1.807) is 19.3 Å². The predicted molar refractivity (Wildman–Crippen MR) is 56.4 cm³/mol. The minimum absolute atomic E-state index is 0.0383. The maximum atomic E-state index is 10.3. The Morgan fingerprint density at radius 3 is 2.80 bits per heavy atom. The smallest absolute Gasteiger partial charge is 0.309 e. The summed E-state index contributed by atoms with van der Waals surface area (Å²) >= 11 is 0. The summed E-state index contributed by atoms with van der Waals surface area (Å²) in [6, 6.07) is 3.74. The van der Waals surface area contributed by atoms with Crippen molar-refractivity contribution >= 4 is 11.7 Å². The van der Waals surface area contributed by atoms with E-state index in [0.29, 0.717) is 12.3 Å². The Balaban J connectivity index is 2.35. The quantitative estimate of drug-likeness (QED) is 0.558. The number of nitrogens with one attached hydrogen (secondary N) is 1. The number of carboxylic acid groups (broad SMARTS) is 1. The molecule has 0 aliphatic heterocycles. The molecule has 0 saturated heterocycles. The van der Waals surface area contributed by atoms with Crippen molar-refractivity contribution in [2.45, 2.75) is 19.9 Å². The second-order valence-corrected chi connectivity index (χ2v) is 3.11. The lowest BCUT2D eigenvalue weighted by Gasteiger charge is -2.01. The van der Waals surface area contributed by atoms with Crippen LogP contribution in [0.2, 0.25) is 0 Å². The minimum Gasteiger partial charge on any atom is -0.481 e. The van der Waals surface area contributed by atoms with Gasteiger partial charge in [0.05, 0.1) is 13.0 Å². The van der Waals surface area contributed by atoms with Crippen molar-refractivity contribution in [1.29, 1.82) is 0 Å². The van der Waals surface area contributed by atoms with Gasteiger partial charge in [-0.2, -0.15) is 5.10 Å². The van der Waals surface area contributed by atoms with Gasteiger partial charge in [-0.15, -0.1) is 0 Å². The van der Waals surface area contributed by atoms with Crippen LogP contribution in [0.4, 0.5) is 0 Å². The fraction of sp³-hybridized carbons (Fsp3) is 0.300. The lowest BCUT2D eigenvalue weighted by Crippen LogP contribution is -2.11. The first kappa shape index (κ1) is 11.2. The van der Waals surface area contributed by atoms with Gasteiger partial charge in [-0.1, -0.05) is 0 Å². The van der Waals surface area contributed by atoms with E-state index in [9.17, 15) is 4.79 Å². The van der Waals surface area contributed by atoms with Crippen molar-refractivity contribution in [3.63, 3.8) is 0 Å². The summed E-state index contributed by atoms with van der Waals surface area (Å²) in [5, 5.41) is 12.4. The number of hydrogen-bond donors (Lipinski definition) is 2. The fourth-order valence-corrected chi connectivity index (χ4v) is 1.02. The zero-order valence-corrected chi connectivity index (χ0v) is 8.47. The second-order valence-electron chi connectivity index (χ2n) is 3.11. The SMILES string of the molecule is CC(CC(=O)O)=NNCc1ccncc1. The fourth-order valence-electron chi connectivity index (χ4n) is 1.02. The molecule has 1 rings (SSSR count). The van der Waals surface area contributed by atoms with E-state index in [1.165, 1.54) is 0 Å². The average molecular weight is 207 g/mol. The number of rotatable bonds is 5. The van der Waals surface area contributed by atoms with E-state index in [2.05, 4.69) is 15.5 Å². The van der Waals surface area contributed by atoms with Gasteiger partial charge in [0.25, 0.3) is 0 Å². The zero-order valence-electron chi connectivity index (χ0n) is 8.47. The average Bonchev–Trinajstić information content (AvgIpc) is 2.18. The van der Waals surface area contributed by atoms with E-state index in [0.717, 1.165) is 5.56 Å². The van der Waals surface area contributed by atoms with Crippen LogP contribution in [0.3, 0.4) is 0 Å². The number of hydrazone groups is 1. The zero-order chi connectivity index (χ0) is 11.1. The van der Waals surface area contributed by atoms with Crippen LogP contribution < -0.4 is 5.43 Å². The third kappa shape index (κ3) is 4.75. The van der Waals surface area contributed by atoms with Gasteiger partial charge in [0.2, 0.25) is 0 Å². The molecular formula is C10H13N3O2. The van der Waals surface area contributed by atoms with Gasteiger partial charge in [0, 0.05) is 18.1 Å². The molecule has 0 saturated carbocycles. The predicted octanol–water partition coefficient (Wildman–Crippen LogP) is 1.02. The Kier molecular flexibility index (Phi) is 4.28. The molecule has 0 atom stereocenters. The number of aliphatic carboxylic acids is 1. The number of carbonyl (C=O) groups is 1. The molecule has 5 nitrogen and oxygen atoms in total. The molecule has 2 N–H and O–H groups in total. The van der Waals surface area contributed by atoms with Gasteiger partial charge >= 0.3 is 5.97 Å². The van der Waals surface area contributed by atoms with Gasteiger partial charge in [0.1, 0.15) is 0 Å². The molecule has 0 aliphatic rings. The highest BCUT2D eigenvalue weighted by Gasteiger charge is 1.98. The molecule has 15 heavy (non-hydrogen) atoms. The van der Waals surface area contributed by atoms with E-state index in [1.807, 2.05) is 12.1 Å². The van der Waals surface area contributed by atoms with Crippen molar-refractivity contribution in [2.75, 3.05) is 0 Å². The molecule has 0 fully saturated rings. The van der Waals surface area contributed by atoms with Crippen LogP contribution in [0.5, 0.6) is 0 Å². The lowest BCUT2D eigenvalue weighted by molar-refractivity contribution is -0.135. The standard InChI is InChI=1S/C10H13N3O2/c1-8(6-10(14)15)13-12-7-9-2-4-11-5-3-9/h2-5,12H,6-7H2,1H3,(H,14,15). The molecule has 80 valence electrons. The van der Waals surface area contributed by atoms with Crippen molar-refractivity contribution in [1.82, 2.24) is 10.4 Å². The highest BCUT2D eigenvalue weighted by atomic mass is 16.4. The molecule has 0 unspecified atom stereocenters. The Labute approximate surface area is 87.8 Å². The van der Waals surface area contributed by atoms with Crippen molar-refractivity contribution in [2.24, 2.45) is 5.10 Å². The van der Waals surface area contributed by atoms with Crippen LogP contribution >= 0.6 is 0 Å². The first-order valence-electron chi connectivity index (χ1n) is 4.55. The van der Waals surface area contributed by atoms with Gasteiger partial charge in [-0.25, -0.2) is 0 Å². The van der Waals surface area contributed by atoms with Crippen molar-refractivity contribution in [3.05, 3.63) is 30.1 Å². The van der Waals surface area contributed by atoms with E-state index in [4.69, 9.17) is 5.11 Å². The molecule has 1 aromatic heterocycles. The van der Waals surface area contributed by atoms with Gasteiger partial charge in [-0.3, -0.25) is 9.78 Å². The van der Waals surface area contributed by atoms with E-state index < -0.39 is 5.97 Å². The Morgan fingerprint density at radius 1 is 1.53 bits per heavy atom. The highest BCUT2D eigenvalue weighted by Crippen LogP contribution is 1.94. The molecule has 0 bridgehead atoms.